The van der Waals surface area contributed by atoms with Crippen molar-refractivity contribution in [2.75, 3.05) is 6.61 Å². The minimum Gasteiger partial charge on any atom is -0.464 e. The molecule has 2 rings (SSSR count). The third-order valence-electron chi connectivity index (χ3n) is 3.16. The number of aromatic nitrogens is 3. The van der Waals surface area contributed by atoms with Gasteiger partial charge in [0.25, 0.3) is 0 Å². The summed E-state index contributed by atoms with van der Waals surface area (Å²) in [7, 11) is -3.66. The summed E-state index contributed by atoms with van der Waals surface area (Å²) < 4.78 is 35.4. The summed E-state index contributed by atoms with van der Waals surface area (Å²) in [6.07, 6.45) is 0. The number of rotatable bonds is 7. The van der Waals surface area contributed by atoms with Crippen molar-refractivity contribution in [3.05, 3.63) is 34.6 Å². The number of nitrogens with zero attached hydrogens (tertiary/aromatic N) is 3. The number of hydrogen-bond donors (Lipinski definition) is 1. The molecule has 0 bridgehead atoms. The highest BCUT2D eigenvalue weighted by Crippen LogP contribution is 2.21. The van der Waals surface area contributed by atoms with E-state index in [-0.39, 0.29) is 4.90 Å². The van der Waals surface area contributed by atoms with Crippen LogP contribution >= 0.6 is 15.9 Å². The summed E-state index contributed by atoms with van der Waals surface area (Å²) in [6.45, 7) is 6.55. The van der Waals surface area contributed by atoms with Gasteiger partial charge in [0.15, 0.2) is 5.82 Å². The van der Waals surface area contributed by atoms with Gasteiger partial charge < -0.3 is 4.74 Å². The number of sulfonamides is 1. The molecule has 7 nitrogen and oxygen atoms in total. The van der Waals surface area contributed by atoms with Crippen LogP contribution in [0.2, 0.25) is 0 Å². The van der Waals surface area contributed by atoms with Crippen LogP contribution in [0, 0.1) is 0 Å². The van der Waals surface area contributed by atoms with Crippen LogP contribution in [0.15, 0.2) is 33.6 Å². The van der Waals surface area contributed by atoms with Gasteiger partial charge in [0.1, 0.15) is 0 Å². The molecule has 0 fully saturated rings. The Morgan fingerprint density at radius 2 is 2.09 bits per heavy atom. The van der Waals surface area contributed by atoms with Gasteiger partial charge in [-0.25, -0.2) is 13.1 Å². The molecular weight excluding hydrogens is 384 g/mol. The fraction of sp³-hybridized carbons (Fsp3) is 0.429. The monoisotopic (exact) mass is 402 g/mol. The standard InChI is InChI=1S/C14H19BrN4O3S/c1-4-19-13(16-17-14(19)22-5-2)10(3)18-23(20,21)12-8-6-7-11(15)9-12/h6-10,18H,4-5H2,1-3H3/t10-/m1/s1. The Morgan fingerprint density at radius 1 is 1.35 bits per heavy atom. The number of halogens is 1. The second kappa shape index (κ2) is 7.41. The zero-order valence-corrected chi connectivity index (χ0v) is 15.6. The molecule has 1 heterocycles. The summed E-state index contributed by atoms with van der Waals surface area (Å²) in [5.41, 5.74) is 0. The molecule has 0 aliphatic carbocycles. The highest BCUT2D eigenvalue weighted by Gasteiger charge is 2.23. The van der Waals surface area contributed by atoms with Crippen LogP contribution < -0.4 is 9.46 Å². The Labute approximate surface area is 144 Å². The lowest BCUT2D eigenvalue weighted by molar-refractivity contribution is 0.294. The van der Waals surface area contributed by atoms with E-state index >= 15 is 0 Å². The summed E-state index contributed by atoms with van der Waals surface area (Å²) in [5, 5.41) is 8.02. The molecule has 0 amide bonds. The third-order valence-corrected chi connectivity index (χ3v) is 5.19. The van der Waals surface area contributed by atoms with Crippen molar-refractivity contribution in [2.24, 2.45) is 0 Å². The van der Waals surface area contributed by atoms with Crippen molar-refractivity contribution in [1.82, 2.24) is 19.5 Å². The van der Waals surface area contributed by atoms with Crippen LogP contribution in [0.25, 0.3) is 0 Å². The minimum absolute atomic E-state index is 0.186. The lowest BCUT2D eigenvalue weighted by Gasteiger charge is -2.15. The van der Waals surface area contributed by atoms with Gasteiger partial charge >= 0.3 is 6.01 Å². The summed E-state index contributed by atoms with van der Waals surface area (Å²) in [6, 6.07) is 6.37. The van der Waals surface area contributed by atoms with Crippen molar-refractivity contribution in [1.29, 1.82) is 0 Å². The van der Waals surface area contributed by atoms with Crippen LogP contribution in [0.5, 0.6) is 6.01 Å². The molecule has 1 aromatic heterocycles. The second-order valence-electron chi connectivity index (χ2n) is 4.82. The molecule has 9 heteroatoms. The van der Waals surface area contributed by atoms with Gasteiger partial charge in [-0.1, -0.05) is 27.1 Å². The van der Waals surface area contributed by atoms with Gasteiger partial charge in [-0.2, -0.15) is 0 Å². The average Bonchev–Trinajstić information content (AvgIpc) is 2.90. The first-order valence-electron chi connectivity index (χ1n) is 7.22. The molecular formula is C14H19BrN4O3S. The van der Waals surface area contributed by atoms with Crippen molar-refractivity contribution in [2.45, 2.75) is 38.3 Å². The van der Waals surface area contributed by atoms with Crippen molar-refractivity contribution >= 4 is 26.0 Å². The first-order valence-corrected chi connectivity index (χ1v) is 9.50. The van der Waals surface area contributed by atoms with E-state index in [2.05, 4.69) is 30.8 Å². The molecule has 0 saturated heterocycles. The van der Waals surface area contributed by atoms with Crippen molar-refractivity contribution in [3.8, 4) is 6.01 Å². The largest absolute Gasteiger partial charge is 0.464 e. The zero-order valence-electron chi connectivity index (χ0n) is 13.2. The molecule has 0 saturated carbocycles. The van der Waals surface area contributed by atoms with Gasteiger partial charge in [-0.3, -0.25) is 4.57 Å². The Bertz CT molecular complexity index is 776. The normalized spacial score (nSPS) is 13.0. The van der Waals surface area contributed by atoms with Gasteiger partial charge in [-0.15, -0.1) is 5.10 Å². The van der Waals surface area contributed by atoms with Crippen LogP contribution in [0.1, 0.15) is 32.6 Å². The van der Waals surface area contributed by atoms with Gasteiger partial charge in [0.2, 0.25) is 10.0 Å². The number of benzene rings is 1. The quantitative estimate of drug-likeness (QED) is 0.768. The van der Waals surface area contributed by atoms with E-state index in [1.165, 1.54) is 6.07 Å². The molecule has 2 aromatic rings. The van der Waals surface area contributed by atoms with E-state index in [1.807, 2.05) is 13.8 Å². The molecule has 23 heavy (non-hydrogen) atoms. The molecule has 1 aromatic carbocycles. The highest BCUT2D eigenvalue weighted by molar-refractivity contribution is 9.10. The fourth-order valence-electron chi connectivity index (χ4n) is 2.14. The van der Waals surface area contributed by atoms with E-state index in [0.717, 1.165) is 0 Å². The van der Waals surface area contributed by atoms with E-state index in [4.69, 9.17) is 4.74 Å². The van der Waals surface area contributed by atoms with E-state index in [0.29, 0.717) is 29.5 Å². The van der Waals surface area contributed by atoms with E-state index in [1.54, 1.807) is 29.7 Å². The zero-order chi connectivity index (χ0) is 17.0. The molecule has 1 N–H and O–H groups in total. The third kappa shape index (κ3) is 4.10. The maximum absolute atomic E-state index is 12.5. The smallest absolute Gasteiger partial charge is 0.316 e. The first kappa shape index (κ1) is 17.9. The topological polar surface area (TPSA) is 86.1 Å². The molecule has 0 unspecified atom stereocenters. The van der Waals surface area contributed by atoms with Crippen LogP contribution in [0.4, 0.5) is 0 Å². The second-order valence-corrected chi connectivity index (χ2v) is 7.45. The lowest BCUT2D eigenvalue weighted by atomic mass is 10.3. The summed E-state index contributed by atoms with van der Waals surface area (Å²) in [4.78, 5) is 0.186. The molecule has 126 valence electrons. The van der Waals surface area contributed by atoms with Gasteiger partial charge in [0, 0.05) is 11.0 Å². The summed E-state index contributed by atoms with van der Waals surface area (Å²) in [5.74, 6) is 0.509. The fourth-order valence-corrected chi connectivity index (χ4v) is 3.94. The van der Waals surface area contributed by atoms with Crippen LogP contribution in [0.3, 0.4) is 0 Å². The Hall–Kier alpha value is -1.45. The molecule has 0 radical (unpaired) electrons. The SMILES string of the molecule is CCOc1nnc([C@@H](C)NS(=O)(=O)c2cccc(Br)c2)n1CC. The molecule has 0 aliphatic heterocycles. The number of nitrogens with one attached hydrogen (secondary N) is 1. The van der Waals surface area contributed by atoms with Crippen molar-refractivity contribution in [3.63, 3.8) is 0 Å². The lowest BCUT2D eigenvalue weighted by Crippen LogP contribution is -2.29. The predicted octanol–water partition coefficient (Wildman–Crippen LogP) is 2.50. The molecule has 0 aliphatic rings. The highest BCUT2D eigenvalue weighted by atomic mass is 79.9. The minimum atomic E-state index is -3.66. The van der Waals surface area contributed by atoms with Crippen LogP contribution in [-0.2, 0) is 16.6 Å². The summed E-state index contributed by atoms with van der Waals surface area (Å²) >= 11 is 3.27. The molecule has 1 atom stereocenters. The maximum atomic E-state index is 12.5. The Kier molecular flexibility index (Phi) is 5.77. The Balaban J connectivity index is 2.26. The molecule has 0 spiro atoms. The number of hydrogen-bond acceptors (Lipinski definition) is 5. The van der Waals surface area contributed by atoms with Gasteiger partial charge in [0.05, 0.1) is 17.5 Å². The van der Waals surface area contributed by atoms with E-state index in [9.17, 15) is 8.42 Å². The maximum Gasteiger partial charge on any atom is 0.316 e. The predicted molar refractivity (Wildman–Crippen MR) is 89.7 cm³/mol. The van der Waals surface area contributed by atoms with E-state index < -0.39 is 16.1 Å². The van der Waals surface area contributed by atoms with Crippen LogP contribution in [-0.4, -0.2) is 29.8 Å². The Morgan fingerprint density at radius 3 is 2.70 bits per heavy atom. The van der Waals surface area contributed by atoms with Gasteiger partial charge in [-0.05, 0) is 39.0 Å². The number of ether oxygens (including phenoxy) is 1. The average molecular weight is 403 g/mol. The van der Waals surface area contributed by atoms with Crippen molar-refractivity contribution < 1.29 is 13.2 Å². The first-order chi connectivity index (χ1) is 10.9.